The molecule has 2 fully saturated rings. The van der Waals surface area contributed by atoms with E-state index in [0.717, 1.165) is 24.8 Å². The summed E-state index contributed by atoms with van der Waals surface area (Å²) in [6.45, 7) is 3.51. The molecule has 3 rings (SSSR count). The third kappa shape index (κ3) is 1.93. The lowest BCUT2D eigenvalue weighted by Crippen LogP contribution is -2.25. The quantitative estimate of drug-likeness (QED) is 0.465. The van der Waals surface area contributed by atoms with Crippen LogP contribution in [-0.2, 0) is 19.1 Å². The third-order valence-corrected chi connectivity index (χ3v) is 4.28. The number of carbonyl (C=O) groups excluding carboxylic acids is 2. The second-order valence-corrected chi connectivity index (χ2v) is 5.37. The Kier molecular flexibility index (Phi) is 2.84. The highest BCUT2D eigenvalue weighted by atomic mass is 16.7. The average Bonchev–Trinajstić information content (AvgIpc) is 2.99. The van der Waals surface area contributed by atoms with Gasteiger partial charge in [0.1, 0.15) is 0 Å². The van der Waals surface area contributed by atoms with Crippen LogP contribution < -0.4 is 5.32 Å². The van der Waals surface area contributed by atoms with E-state index in [1.807, 2.05) is 0 Å². The molecular weight excluding hydrogens is 246 g/mol. The molecule has 0 aromatic rings. The van der Waals surface area contributed by atoms with Crippen LogP contribution in [0, 0.1) is 5.92 Å². The van der Waals surface area contributed by atoms with Crippen molar-refractivity contribution in [3.05, 3.63) is 23.0 Å². The molecule has 0 aromatic heterocycles. The van der Waals surface area contributed by atoms with Crippen LogP contribution in [0.3, 0.4) is 0 Å². The number of nitrogens with one attached hydrogen (secondary N) is 1. The number of hydrogen-bond acceptors (Lipinski definition) is 4. The van der Waals surface area contributed by atoms with Crippen molar-refractivity contribution in [2.75, 3.05) is 0 Å². The van der Waals surface area contributed by atoms with Gasteiger partial charge in [-0.1, -0.05) is 6.42 Å². The minimum atomic E-state index is -0.687. The fourth-order valence-corrected chi connectivity index (χ4v) is 2.94. The summed E-state index contributed by atoms with van der Waals surface area (Å²) >= 11 is 0. The zero-order chi connectivity index (χ0) is 13.6. The monoisotopic (exact) mass is 263 g/mol. The number of esters is 1. The maximum absolute atomic E-state index is 11.8. The highest BCUT2D eigenvalue weighted by molar-refractivity contribution is 5.96. The summed E-state index contributed by atoms with van der Waals surface area (Å²) < 4.78 is 10.6. The SMILES string of the molecule is CC1=C(C)C(O/C=C2/C(=O)N[C@@H]3CCC[C@H]23)OC1=O. The Morgan fingerprint density at radius 1 is 1.32 bits per heavy atom. The molecule has 1 saturated heterocycles. The number of amides is 1. The smallest absolute Gasteiger partial charge is 0.337 e. The van der Waals surface area contributed by atoms with Gasteiger partial charge < -0.3 is 14.8 Å². The predicted octanol–water partition coefficient (Wildman–Crippen LogP) is 1.40. The number of rotatable bonds is 2. The molecule has 1 saturated carbocycles. The van der Waals surface area contributed by atoms with Crippen LogP contribution in [0.4, 0.5) is 0 Å². The van der Waals surface area contributed by atoms with E-state index in [4.69, 9.17) is 9.47 Å². The summed E-state index contributed by atoms with van der Waals surface area (Å²) in [5.74, 6) is -0.164. The molecule has 0 spiro atoms. The Labute approximate surface area is 111 Å². The molecule has 19 heavy (non-hydrogen) atoms. The van der Waals surface area contributed by atoms with Gasteiger partial charge in [-0.2, -0.15) is 0 Å². The summed E-state index contributed by atoms with van der Waals surface area (Å²) in [7, 11) is 0. The second kappa shape index (κ2) is 4.40. The number of cyclic esters (lactones) is 1. The van der Waals surface area contributed by atoms with Crippen LogP contribution in [0.25, 0.3) is 0 Å². The van der Waals surface area contributed by atoms with Crippen LogP contribution >= 0.6 is 0 Å². The zero-order valence-electron chi connectivity index (χ0n) is 11.1. The first-order valence-corrected chi connectivity index (χ1v) is 6.62. The molecule has 1 amide bonds. The van der Waals surface area contributed by atoms with Gasteiger partial charge in [0.25, 0.3) is 12.2 Å². The summed E-state index contributed by atoms with van der Waals surface area (Å²) in [5.41, 5.74) is 2.03. The van der Waals surface area contributed by atoms with E-state index in [2.05, 4.69) is 5.32 Å². The van der Waals surface area contributed by atoms with Gasteiger partial charge in [-0.3, -0.25) is 4.79 Å². The lowest BCUT2D eigenvalue weighted by atomic mass is 10.00. The highest BCUT2D eigenvalue weighted by Gasteiger charge is 2.41. The lowest BCUT2D eigenvalue weighted by Gasteiger charge is -2.12. The van der Waals surface area contributed by atoms with Gasteiger partial charge in [0.2, 0.25) is 0 Å². The molecule has 5 nitrogen and oxygen atoms in total. The van der Waals surface area contributed by atoms with Gasteiger partial charge in [-0.15, -0.1) is 0 Å². The van der Waals surface area contributed by atoms with E-state index in [1.165, 1.54) is 6.26 Å². The topological polar surface area (TPSA) is 64.6 Å². The molecular formula is C14H17NO4. The fraction of sp³-hybridized carbons (Fsp3) is 0.571. The maximum Gasteiger partial charge on any atom is 0.337 e. The van der Waals surface area contributed by atoms with E-state index < -0.39 is 6.29 Å². The van der Waals surface area contributed by atoms with Gasteiger partial charge in [-0.05, 0) is 26.7 Å². The average molecular weight is 263 g/mol. The Bertz CT molecular complexity index is 506. The normalized spacial score (nSPS) is 35.7. The van der Waals surface area contributed by atoms with E-state index in [-0.39, 0.29) is 23.8 Å². The van der Waals surface area contributed by atoms with Crippen LogP contribution in [0.2, 0.25) is 0 Å². The molecule has 1 aliphatic carbocycles. The van der Waals surface area contributed by atoms with Crippen molar-refractivity contribution >= 4 is 11.9 Å². The Hall–Kier alpha value is -1.78. The number of carbonyl (C=O) groups is 2. The Morgan fingerprint density at radius 3 is 2.79 bits per heavy atom. The molecule has 102 valence electrons. The van der Waals surface area contributed by atoms with Gasteiger partial charge in [-0.25, -0.2) is 4.79 Å². The second-order valence-electron chi connectivity index (χ2n) is 5.37. The first-order valence-electron chi connectivity index (χ1n) is 6.62. The zero-order valence-corrected chi connectivity index (χ0v) is 11.1. The van der Waals surface area contributed by atoms with Crippen LogP contribution in [0.1, 0.15) is 33.1 Å². The number of fused-ring (bicyclic) bond motifs is 1. The highest BCUT2D eigenvalue weighted by Crippen LogP contribution is 2.36. The molecule has 2 heterocycles. The van der Waals surface area contributed by atoms with Crippen molar-refractivity contribution in [2.45, 2.75) is 45.4 Å². The van der Waals surface area contributed by atoms with E-state index >= 15 is 0 Å². The minimum Gasteiger partial charge on any atom is -0.458 e. The van der Waals surface area contributed by atoms with Crippen LogP contribution in [-0.4, -0.2) is 24.2 Å². The Balaban J connectivity index is 1.73. The summed E-state index contributed by atoms with van der Waals surface area (Å²) in [6.07, 6.45) is 3.96. The fourth-order valence-electron chi connectivity index (χ4n) is 2.94. The molecule has 5 heteroatoms. The standard InChI is InChI=1S/C14H17NO4/c1-7-8(2)14(19-13(7)17)18-6-10-9-4-3-5-11(9)15-12(10)16/h6,9,11,14H,3-5H2,1-2H3,(H,15,16)/b10-6+/t9-,11-,14?/m1/s1. The largest absolute Gasteiger partial charge is 0.458 e. The minimum absolute atomic E-state index is 0.0580. The summed E-state index contributed by atoms with van der Waals surface area (Å²) in [6, 6.07) is 0.256. The van der Waals surface area contributed by atoms with Crippen molar-refractivity contribution in [1.29, 1.82) is 0 Å². The van der Waals surface area contributed by atoms with Crippen molar-refractivity contribution in [2.24, 2.45) is 5.92 Å². The van der Waals surface area contributed by atoms with Crippen molar-refractivity contribution in [1.82, 2.24) is 5.32 Å². The molecule has 0 aromatic carbocycles. The van der Waals surface area contributed by atoms with Crippen molar-refractivity contribution < 1.29 is 19.1 Å². The lowest BCUT2D eigenvalue weighted by molar-refractivity contribution is -0.153. The van der Waals surface area contributed by atoms with E-state index in [0.29, 0.717) is 11.1 Å². The van der Waals surface area contributed by atoms with Crippen molar-refractivity contribution in [3.8, 4) is 0 Å². The molecule has 0 radical (unpaired) electrons. The first-order chi connectivity index (χ1) is 9.08. The number of hydrogen-bond donors (Lipinski definition) is 1. The Morgan fingerprint density at radius 2 is 2.11 bits per heavy atom. The van der Waals surface area contributed by atoms with E-state index in [9.17, 15) is 9.59 Å². The molecule has 3 aliphatic rings. The van der Waals surface area contributed by atoms with E-state index in [1.54, 1.807) is 13.8 Å². The van der Waals surface area contributed by atoms with Crippen LogP contribution in [0.5, 0.6) is 0 Å². The first kappa shape index (κ1) is 12.3. The molecule has 1 N–H and O–H groups in total. The molecule has 1 unspecified atom stereocenters. The molecule has 2 aliphatic heterocycles. The summed E-state index contributed by atoms with van der Waals surface area (Å²) in [5, 5.41) is 2.96. The van der Waals surface area contributed by atoms with Gasteiger partial charge in [0, 0.05) is 23.1 Å². The third-order valence-electron chi connectivity index (χ3n) is 4.28. The van der Waals surface area contributed by atoms with Gasteiger partial charge in [0.05, 0.1) is 11.8 Å². The van der Waals surface area contributed by atoms with Gasteiger partial charge >= 0.3 is 5.97 Å². The van der Waals surface area contributed by atoms with Gasteiger partial charge in [0.15, 0.2) is 0 Å². The summed E-state index contributed by atoms with van der Waals surface area (Å²) in [4.78, 5) is 23.2. The van der Waals surface area contributed by atoms with Crippen molar-refractivity contribution in [3.63, 3.8) is 0 Å². The molecule has 0 bridgehead atoms. The molecule has 3 atom stereocenters. The van der Waals surface area contributed by atoms with Crippen LogP contribution in [0.15, 0.2) is 23.0 Å². The maximum atomic E-state index is 11.8. The number of ether oxygens (including phenoxy) is 2. The predicted molar refractivity (Wildman–Crippen MR) is 66.7 cm³/mol.